The molecule has 1 heterocycles. The smallest absolute Gasteiger partial charge is 0.126 e. The molecular formula is C27H28F2N2O. The normalized spacial score (nSPS) is 23.3. The van der Waals surface area contributed by atoms with Crippen molar-refractivity contribution in [3.63, 3.8) is 0 Å². The standard InChI is InChI=1S/C27H28F2N2O/c1-3-17-13-18(7-12-24(17)29)26(32)23-6-4-5-20-14-25-19(15-27(20,23)2)16-30-31(25)22-10-8-21(28)9-11-22/h7-14,16,23,26,32H,3-6,15H2,1-2H3/t23-,26+,27+/m1/s1. The molecule has 1 N–H and O–H groups in total. The zero-order valence-corrected chi connectivity index (χ0v) is 18.5. The van der Waals surface area contributed by atoms with Crippen LogP contribution in [-0.4, -0.2) is 14.9 Å². The Bertz CT molecular complexity index is 1180. The second-order valence-corrected chi connectivity index (χ2v) is 9.36. The maximum Gasteiger partial charge on any atom is 0.126 e. The van der Waals surface area contributed by atoms with Crippen LogP contribution in [0.15, 0.2) is 54.2 Å². The molecule has 166 valence electrons. The topological polar surface area (TPSA) is 38.1 Å². The number of hydrogen-bond donors (Lipinski definition) is 1. The molecule has 0 saturated heterocycles. The molecule has 2 aromatic carbocycles. The predicted octanol–water partition coefficient (Wildman–Crippen LogP) is 6.19. The van der Waals surface area contributed by atoms with Gasteiger partial charge in [0, 0.05) is 0 Å². The average molecular weight is 435 g/mol. The predicted molar refractivity (Wildman–Crippen MR) is 121 cm³/mol. The van der Waals surface area contributed by atoms with E-state index >= 15 is 0 Å². The molecule has 2 aliphatic carbocycles. The number of aliphatic hydroxyl groups is 1. The number of rotatable bonds is 4. The molecule has 0 radical (unpaired) electrons. The molecule has 0 spiro atoms. The van der Waals surface area contributed by atoms with Gasteiger partial charge in [-0.15, -0.1) is 0 Å². The molecule has 1 fully saturated rings. The number of nitrogens with zero attached hydrogens (tertiary/aromatic N) is 2. The van der Waals surface area contributed by atoms with Gasteiger partial charge in [-0.3, -0.25) is 0 Å². The van der Waals surface area contributed by atoms with E-state index < -0.39 is 6.10 Å². The molecule has 0 bridgehead atoms. The Balaban J connectivity index is 1.51. The molecule has 3 aromatic rings. The van der Waals surface area contributed by atoms with Crippen LogP contribution in [0.3, 0.4) is 0 Å². The lowest BCUT2D eigenvalue weighted by molar-refractivity contribution is 0.0216. The summed E-state index contributed by atoms with van der Waals surface area (Å²) < 4.78 is 29.3. The molecule has 0 unspecified atom stereocenters. The molecular weight excluding hydrogens is 406 g/mol. The zero-order valence-electron chi connectivity index (χ0n) is 18.5. The molecule has 1 aromatic heterocycles. The largest absolute Gasteiger partial charge is 0.388 e. The summed E-state index contributed by atoms with van der Waals surface area (Å²) in [6.45, 7) is 4.17. The van der Waals surface area contributed by atoms with Gasteiger partial charge in [-0.05, 0) is 96.5 Å². The Hall–Kier alpha value is -2.79. The van der Waals surface area contributed by atoms with Gasteiger partial charge in [-0.25, -0.2) is 13.5 Å². The molecule has 3 atom stereocenters. The van der Waals surface area contributed by atoms with Crippen LogP contribution in [0.5, 0.6) is 0 Å². The molecule has 0 aliphatic heterocycles. The lowest BCUT2D eigenvalue weighted by Gasteiger charge is -2.47. The number of halogens is 2. The number of allylic oxidation sites excluding steroid dienone is 1. The van der Waals surface area contributed by atoms with Crippen molar-refractivity contribution < 1.29 is 13.9 Å². The highest BCUT2D eigenvalue weighted by Crippen LogP contribution is 2.54. The average Bonchev–Trinajstić information content (AvgIpc) is 3.19. The first-order valence-corrected chi connectivity index (χ1v) is 11.4. The van der Waals surface area contributed by atoms with Gasteiger partial charge < -0.3 is 5.11 Å². The van der Waals surface area contributed by atoms with Crippen LogP contribution < -0.4 is 0 Å². The second-order valence-electron chi connectivity index (χ2n) is 9.36. The highest BCUT2D eigenvalue weighted by molar-refractivity contribution is 5.61. The maximum absolute atomic E-state index is 14.0. The van der Waals surface area contributed by atoms with Crippen molar-refractivity contribution in [3.05, 3.63) is 88.3 Å². The van der Waals surface area contributed by atoms with E-state index in [1.807, 2.05) is 23.9 Å². The Labute approximate surface area is 187 Å². The molecule has 1 saturated carbocycles. The molecule has 2 aliphatic rings. The summed E-state index contributed by atoms with van der Waals surface area (Å²) in [6, 6.07) is 11.4. The minimum absolute atomic E-state index is 0.0417. The number of benzene rings is 2. The van der Waals surface area contributed by atoms with Crippen LogP contribution in [0.25, 0.3) is 11.8 Å². The van der Waals surface area contributed by atoms with E-state index in [0.29, 0.717) is 12.0 Å². The van der Waals surface area contributed by atoms with E-state index in [9.17, 15) is 13.9 Å². The van der Waals surface area contributed by atoms with E-state index in [1.54, 1.807) is 18.2 Å². The number of aryl methyl sites for hydroxylation is 1. The monoisotopic (exact) mass is 434 g/mol. The van der Waals surface area contributed by atoms with Crippen molar-refractivity contribution in [2.24, 2.45) is 11.3 Å². The Morgan fingerprint density at radius 2 is 1.97 bits per heavy atom. The van der Waals surface area contributed by atoms with E-state index in [4.69, 9.17) is 0 Å². The van der Waals surface area contributed by atoms with Gasteiger partial charge in [0.05, 0.1) is 23.7 Å². The number of fused-ring (bicyclic) bond motifs is 2. The quantitative estimate of drug-likeness (QED) is 0.531. The SMILES string of the molecule is CCc1cc([C@H](O)[C@H]2CCCC3=Cc4c(cnn4-c4ccc(F)cc4)C[C@@]32C)ccc1F. The fraction of sp³-hybridized carbons (Fsp3) is 0.370. The first-order valence-electron chi connectivity index (χ1n) is 11.4. The highest BCUT2D eigenvalue weighted by atomic mass is 19.1. The van der Waals surface area contributed by atoms with Gasteiger partial charge in [0.1, 0.15) is 11.6 Å². The second kappa shape index (κ2) is 7.96. The molecule has 0 amide bonds. The van der Waals surface area contributed by atoms with Gasteiger partial charge in [0.15, 0.2) is 0 Å². The van der Waals surface area contributed by atoms with Crippen LogP contribution in [0.1, 0.15) is 61.6 Å². The van der Waals surface area contributed by atoms with Crippen LogP contribution >= 0.6 is 0 Å². The summed E-state index contributed by atoms with van der Waals surface area (Å²) in [5.41, 5.74) is 5.57. The third-order valence-electron chi connectivity index (χ3n) is 7.51. The van der Waals surface area contributed by atoms with E-state index in [2.05, 4.69) is 18.1 Å². The first kappa shape index (κ1) is 21.1. The Morgan fingerprint density at radius 1 is 1.19 bits per heavy atom. The van der Waals surface area contributed by atoms with Gasteiger partial charge in [0.2, 0.25) is 0 Å². The Morgan fingerprint density at radius 3 is 2.72 bits per heavy atom. The third-order valence-corrected chi connectivity index (χ3v) is 7.51. The summed E-state index contributed by atoms with van der Waals surface area (Å²) in [5.74, 6) is -0.439. The summed E-state index contributed by atoms with van der Waals surface area (Å²) in [5, 5.41) is 16.0. The van der Waals surface area contributed by atoms with Crippen molar-refractivity contribution >= 4 is 6.08 Å². The minimum Gasteiger partial charge on any atom is -0.388 e. The van der Waals surface area contributed by atoms with Gasteiger partial charge in [-0.1, -0.05) is 31.6 Å². The first-order chi connectivity index (χ1) is 15.4. The fourth-order valence-corrected chi connectivity index (χ4v) is 5.66. The number of aromatic nitrogens is 2. The maximum atomic E-state index is 14.0. The number of hydrogen-bond acceptors (Lipinski definition) is 2. The third kappa shape index (κ3) is 3.39. The van der Waals surface area contributed by atoms with E-state index in [0.717, 1.165) is 48.2 Å². The van der Waals surface area contributed by atoms with Crippen molar-refractivity contribution in [1.29, 1.82) is 0 Å². The Kier molecular flexibility index (Phi) is 5.25. The lowest BCUT2D eigenvalue weighted by atomic mass is 9.57. The minimum atomic E-state index is -0.650. The summed E-state index contributed by atoms with van der Waals surface area (Å²) >= 11 is 0. The van der Waals surface area contributed by atoms with Crippen LogP contribution in [0.4, 0.5) is 8.78 Å². The van der Waals surface area contributed by atoms with Crippen LogP contribution in [0.2, 0.25) is 0 Å². The number of aliphatic hydroxyl groups excluding tert-OH is 1. The highest BCUT2D eigenvalue weighted by Gasteiger charge is 2.46. The zero-order chi connectivity index (χ0) is 22.5. The summed E-state index contributed by atoms with van der Waals surface area (Å²) in [7, 11) is 0. The van der Waals surface area contributed by atoms with Gasteiger partial charge in [0.25, 0.3) is 0 Å². The molecule has 5 heteroatoms. The fourth-order valence-electron chi connectivity index (χ4n) is 5.66. The van der Waals surface area contributed by atoms with E-state index in [-0.39, 0.29) is 23.0 Å². The van der Waals surface area contributed by atoms with Gasteiger partial charge in [-0.2, -0.15) is 5.10 Å². The van der Waals surface area contributed by atoms with Crippen molar-refractivity contribution in [1.82, 2.24) is 9.78 Å². The summed E-state index contributed by atoms with van der Waals surface area (Å²) in [6.07, 6.45) is 7.77. The molecule has 3 nitrogen and oxygen atoms in total. The summed E-state index contributed by atoms with van der Waals surface area (Å²) in [4.78, 5) is 0. The van der Waals surface area contributed by atoms with Crippen LogP contribution in [0, 0.1) is 23.0 Å². The molecule has 32 heavy (non-hydrogen) atoms. The van der Waals surface area contributed by atoms with Crippen molar-refractivity contribution in [2.45, 2.75) is 52.1 Å². The van der Waals surface area contributed by atoms with Crippen molar-refractivity contribution in [3.8, 4) is 5.69 Å². The van der Waals surface area contributed by atoms with E-state index in [1.165, 1.54) is 23.8 Å². The lowest BCUT2D eigenvalue weighted by Crippen LogP contribution is -2.40. The van der Waals surface area contributed by atoms with Gasteiger partial charge >= 0.3 is 0 Å². The molecule has 5 rings (SSSR count). The van der Waals surface area contributed by atoms with Crippen LogP contribution in [-0.2, 0) is 12.8 Å². The van der Waals surface area contributed by atoms with Crippen molar-refractivity contribution in [2.75, 3.05) is 0 Å².